The van der Waals surface area contributed by atoms with Gasteiger partial charge in [0, 0.05) is 6.04 Å². The van der Waals surface area contributed by atoms with Crippen molar-refractivity contribution in [2.45, 2.75) is 36.6 Å². The normalized spacial score (nSPS) is 16.5. The summed E-state index contributed by atoms with van der Waals surface area (Å²) in [6, 6.07) is 4.07. The van der Waals surface area contributed by atoms with Gasteiger partial charge in [-0.1, -0.05) is 42.1 Å². The highest BCUT2D eigenvalue weighted by molar-refractivity contribution is 7.89. The number of aliphatic carboxylic acids is 1. The first-order valence-electron chi connectivity index (χ1n) is 6.51. The number of hydrogen-bond donors (Lipinski definition) is 1. The summed E-state index contributed by atoms with van der Waals surface area (Å²) in [6.07, 6.45) is 3.06. The van der Waals surface area contributed by atoms with Crippen LogP contribution in [0.1, 0.15) is 25.7 Å². The Morgan fingerprint density at radius 3 is 2.24 bits per heavy atom. The molecule has 0 saturated heterocycles. The monoisotopic (exact) mass is 351 g/mol. The lowest BCUT2D eigenvalue weighted by Gasteiger charge is -2.27. The van der Waals surface area contributed by atoms with Crippen LogP contribution < -0.4 is 0 Å². The van der Waals surface area contributed by atoms with Gasteiger partial charge in [-0.05, 0) is 25.0 Å². The van der Waals surface area contributed by atoms with Crippen LogP contribution in [0, 0.1) is 0 Å². The minimum atomic E-state index is -4.05. The van der Waals surface area contributed by atoms with Crippen molar-refractivity contribution in [2.24, 2.45) is 0 Å². The Labute approximate surface area is 133 Å². The van der Waals surface area contributed by atoms with Crippen LogP contribution >= 0.6 is 23.2 Å². The van der Waals surface area contributed by atoms with Gasteiger partial charge in [0.2, 0.25) is 10.0 Å². The first-order valence-corrected chi connectivity index (χ1v) is 8.71. The molecule has 0 bridgehead atoms. The van der Waals surface area contributed by atoms with Gasteiger partial charge in [0.1, 0.15) is 11.4 Å². The number of halogens is 2. The van der Waals surface area contributed by atoms with Crippen LogP contribution in [0.15, 0.2) is 23.1 Å². The third kappa shape index (κ3) is 3.51. The zero-order chi connectivity index (χ0) is 15.6. The highest BCUT2D eigenvalue weighted by atomic mass is 35.5. The van der Waals surface area contributed by atoms with Crippen molar-refractivity contribution in [3.8, 4) is 0 Å². The molecule has 0 amide bonds. The fraction of sp³-hybridized carbons (Fsp3) is 0.462. The maximum Gasteiger partial charge on any atom is 0.318 e. The van der Waals surface area contributed by atoms with E-state index in [0.29, 0.717) is 12.8 Å². The van der Waals surface area contributed by atoms with Crippen LogP contribution in [0.5, 0.6) is 0 Å². The van der Waals surface area contributed by atoms with E-state index in [1.54, 1.807) is 6.07 Å². The Bertz CT molecular complexity index is 621. The molecular formula is C13H15Cl2NO4S. The third-order valence-electron chi connectivity index (χ3n) is 3.51. The molecule has 1 fully saturated rings. The molecule has 21 heavy (non-hydrogen) atoms. The van der Waals surface area contributed by atoms with Gasteiger partial charge in [-0.25, -0.2) is 8.42 Å². The summed E-state index contributed by atoms with van der Waals surface area (Å²) in [6.45, 7) is -0.589. The largest absolute Gasteiger partial charge is 0.480 e. The van der Waals surface area contributed by atoms with Gasteiger partial charge in [0.25, 0.3) is 0 Å². The molecule has 0 aliphatic heterocycles. The van der Waals surface area contributed by atoms with Crippen LogP contribution in [0.4, 0.5) is 0 Å². The summed E-state index contributed by atoms with van der Waals surface area (Å²) >= 11 is 11.9. The van der Waals surface area contributed by atoms with E-state index in [4.69, 9.17) is 28.3 Å². The van der Waals surface area contributed by atoms with Gasteiger partial charge in [-0.2, -0.15) is 4.31 Å². The fourth-order valence-electron chi connectivity index (χ4n) is 2.58. The average Bonchev–Trinajstić information content (AvgIpc) is 2.88. The predicted octanol–water partition coefficient (Wildman–Crippen LogP) is 3.01. The van der Waals surface area contributed by atoms with Gasteiger partial charge in [-0.15, -0.1) is 0 Å². The summed E-state index contributed by atoms with van der Waals surface area (Å²) in [7, 11) is -4.05. The summed E-state index contributed by atoms with van der Waals surface area (Å²) < 4.78 is 26.6. The van der Waals surface area contributed by atoms with E-state index in [0.717, 1.165) is 17.1 Å². The molecular weight excluding hydrogens is 337 g/mol. The van der Waals surface area contributed by atoms with E-state index in [9.17, 15) is 13.2 Å². The zero-order valence-corrected chi connectivity index (χ0v) is 13.5. The first kappa shape index (κ1) is 16.5. The van der Waals surface area contributed by atoms with Crippen molar-refractivity contribution in [3.63, 3.8) is 0 Å². The molecule has 0 heterocycles. The SMILES string of the molecule is O=C(O)CN(C1CCCC1)S(=O)(=O)c1c(Cl)cccc1Cl. The number of hydrogen-bond acceptors (Lipinski definition) is 3. The summed E-state index contributed by atoms with van der Waals surface area (Å²) in [4.78, 5) is 10.8. The van der Waals surface area contributed by atoms with Crippen LogP contribution in [0.2, 0.25) is 10.0 Å². The van der Waals surface area contributed by atoms with E-state index in [1.165, 1.54) is 12.1 Å². The van der Waals surface area contributed by atoms with E-state index in [-0.39, 0.29) is 21.0 Å². The average molecular weight is 352 g/mol. The Morgan fingerprint density at radius 2 is 1.76 bits per heavy atom. The van der Waals surface area contributed by atoms with Gasteiger partial charge < -0.3 is 5.11 Å². The lowest BCUT2D eigenvalue weighted by atomic mass is 10.2. The zero-order valence-electron chi connectivity index (χ0n) is 11.1. The van der Waals surface area contributed by atoms with Crippen molar-refractivity contribution in [3.05, 3.63) is 28.2 Å². The molecule has 0 spiro atoms. The predicted molar refractivity (Wildman–Crippen MR) is 80.2 cm³/mol. The molecule has 1 aliphatic carbocycles. The van der Waals surface area contributed by atoms with Gasteiger partial charge >= 0.3 is 5.97 Å². The maximum atomic E-state index is 12.8. The van der Waals surface area contributed by atoms with E-state index in [1.807, 2.05) is 0 Å². The summed E-state index contributed by atoms with van der Waals surface area (Å²) in [5.41, 5.74) is 0. The van der Waals surface area contributed by atoms with Gasteiger partial charge in [0.15, 0.2) is 0 Å². The fourth-order valence-corrected chi connectivity index (χ4v) is 5.31. The number of nitrogens with zero attached hydrogens (tertiary/aromatic N) is 1. The second kappa shape index (κ2) is 6.52. The molecule has 0 unspecified atom stereocenters. The number of carboxylic acids is 1. The van der Waals surface area contributed by atoms with Crippen molar-refractivity contribution >= 4 is 39.2 Å². The van der Waals surface area contributed by atoms with Crippen molar-refractivity contribution < 1.29 is 18.3 Å². The number of benzene rings is 1. The molecule has 116 valence electrons. The summed E-state index contributed by atoms with van der Waals surface area (Å²) in [5, 5.41) is 9.01. The van der Waals surface area contributed by atoms with Gasteiger partial charge in [0.05, 0.1) is 10.0 Å². The molecule has 0 atom stereocenters. The molecule has 1 aromatic rings. The van der Waals surface area contributed by atoms with Crippen molar-refractivity contribution in [1.82, 2.24) is 4.31 Å². The van der Waals surface area contributed by atoms with E-state index in [2.05, 4.69) is 0 Å². The molecule has 5 nitrogen and oxygen atoms in total. The van der Waals surface area contributed by atoms with Crippen LogP contribution in [0.3, 0.4) is 0 Å². The van der Waals surface area contributed by atoms with Gasteiger partial charge in [-0.3, -0.25) is 4.79 Å². The highest BCUT2D eigenvalue weighted by Gasteiger charge is 2.37. The lowest BCUT2D eigenvalue weighted by Crippen LogP contribution is -2.42. The van der Waals surface area contributed by atoms with Crippen molar-refractivity contribution in [1.29, 1.82) is 0 Å². The van der Waals surface area contributed by atoms with E-state index >= 15 is 0 Å². The molecule has 2 rings (SSSR count). The van der Waals surface area contributed by atoms with Crippen LogP contribution in [-0.2, 0) is 14.8 Å². The smallest absolute Gasteiger partial charge is 0.318 e. The van der Waals surface area contributed by atoms with Crippen LogP contribution in [-0.4, -0.2) is 36.4 Å². The van der Waals surface area contributed by atoms with Crippen LogP contribution in [0.25, 0.3) is 0 Å². The van der Waals surface area contributed by atoms with Crippen molar-refractivity contribution in [2.75, 3.05) is 6.54 Å². The molecule has 0 aromatic heterocycles. The van der Waals surface area contributed by atoms with E-state index < -0.39 is 22.5 Å². The third-order valence-corrected chi connectivity index (χ3v) is 6.36. The number of rotatable bonds is 5. The minimum Gasteiger partial charge on any atom is -0.480 e. The second-order valence-electron chi connectivity index (χ2n) is 4.93. The Hall–Kier alpha value is -0.820. The molecule has 1 aliphatic rings. The summed E-state index contributed by atoms with van der Waals surface area (Å²) in [5.74, 6) is -1.20. The minimum absolute atomic E-state index is 0.00381. The molecule has 1 N–H and O–H groups in total. The lowest BCUT2D eigenvalue weighted by molar-refractivity contribution is -0.137. The topological polar surface area (TPSA) is 74.7 Å². The second-order valence-corrected chi connectivity index (χ2v) is 7.57. The molecule has 1 saturated carbocycles. The Balaban J connectivity index is 2.48. The first-order chi connectivity index (χ1) is 9.84. The standard InChI is InChI=1S/C13H15Cl2NO4S/c14-10-6-3-7-11(15)13(10)21(19,20)16(8-12(17)18)9-4-1-2-5-9/h3,6-7,9H,1-2,4-5,8H2,(H,17,18). The highest BCUT2D eigenvalue weighted by Crippen LogP contribution is 2.35. The number of carbonyl (C=O) groups is 1. The number of sulfonamides is 1. The molecule has 0 radical (unpaired) electrons. The maximum absolute atomic E-state index is 12.8. The molecule has 8 heteroatoms. The Morgan fingerprint density at radius 1 is 1.24 bits per heavy atom. The quantitative estimate of drug-likeness (QED) is 0.884. The molecule has 1 aromatic carbocycles. The number of carboxylic acid groups (broad SMARTS) is 1. The Kier molecular flexibility index (Phi) is 5.14.